The minimum absolute atomic E-state index is 0.119. The average molecular weight is 405 g/mol. The summed E-state index contributed by atoms with van der Waals surface area (Å²) in [6, 6.07) is 16.7. The number of nitrogens with zero attached hydrogens (tertiary/aromatic N) is 2. The minimum atomic E-state index is -4.56. The summed E-state index contributed by atoms with van der Waals surface area (Å²) in [5.41, 5.74) is -0.542. The van der Waals surface area contributed by atoms with Crippen LogP contribution in [0.4, 0.5) is 18.9 Å². The Balaban J connectivity index is 1.57. The maximum atomic E-state index is 12.7. The quantitative estimate of drug-likeness (QED) is 0.461. The van der Waals surface area contributed by atoms with Crippen molar-refractivity contribution in [3.8, 4) is 11.5 Å². The van der Waals surface area contributed by atoms with Crippen molar-refractivity contribution < 1.29 is 22.7 Å². The van der Waals surface area contributed by atoms with Gasteiger partial charge in [0, 0.05) is 18.0 Å². The first-order valence-electron chi connectivity index (χ1n) is 8.06. The topological polar surface area (TPSA) is 64.1 Å². The monoisotopic (exact) mass is 405 g/mol. The number of halogens is 3. The highest BCUT2D eigenvalue weighted by Gasteiger charge is 2.32. The van der Waals surface area contributed by atoms with E-state index in [1.165, 1.54) is 0 Å². The first-order chi connectivity index (χ1) is 13.4. The van der Waals surface area contributed by atoms with Crippen LogP contribution in [0.3, 0.4) is 0 Å². The number of benzene rings is 2. The van der Waals surface area contributed by atoms with E-state index in [1.54, 1.807) is 36.4 Å². The Bertz CT molecular complexity index is 952. The Morgan fingerprint density at radius 2 is 1.79 bits per heavy atom. The lowest BCUT2D eigenvalue weighted by Gasteiger charge is -2.09. The lowest BCUT2D eigenvalue weighted by Crippen LogP contribution is -2.15. The number of thioether (sulfide) groups is 1. The van der Waals surface area contributed by atoms with Gasteiger partial charge in [-0.3, -0.25) is 4.79 Å². The zero-order valence-electron chi connectivity index (χ0n) is 14.3. The van der Waals surface area contributed by atoms with Gasteiger partial charge in [0.05, 0.1) is 5.75 Å². The van der Waals surface area contributed by atoms with Crippen LogP contribution >= 0.6 is 11.8 Å². The van der Waals surface area contributed by atoms with E-state index >= 15 is 0 Å². The minimum Gasteiger partial charge on any atom is -0.457 e. The Labute approximate surface area is 163 Å². The molecule has 144 valence electrons. The molecular weight excluding hydrogens is 391 g/mol. The Morgan fingerprint density at radius 1 is 1.04 bits per heavy atom. The molecular formula is C19H14F3N3O2S. The molecule has 5 nitrogen and oxygen atoms in total. The van der Waals surface area contributed by atoms with Crippen molar-refractivity contribution in [2.75, 3.05) is 11.1 Å². The zero-order chi connectivity index (χ0) is 20.0. The van der Waals surface area contributed by atoms with Crippen LogP contribution in [0.5, 0.6) is 11.5 Å². The van der Waals surface area contributed by atoms with Gasteiger partial charge < -0.3 is 10.1 Å². The molecule has 0 radical (unpaired) electrons. The lowest BCUT2D eigenvalue weighted by molar-refractivity contribution is -0.141. The smallest absolute Gasteiger partial charge is 0.433 e. The van der Waals surface area contributed by atoms with E-state index < -0.39 is 17.8 Å². The van der Waals surface area contributed by atoms with Gasteiger partial charge in [-0.1, -0.05) is 36.0 Å². The molecule has 1 N–H and O–H groups in total. The summed E-state index contributed by atoms with van der Waals surface area (Å²) < 4.78 is 43.7. The molecule has 0 saturated carbocycles. The molecule has 0 spiro atoms. The van der Waals surface area contributed by atoms with Gasteiger partial charge in [-0.05, 0) is 30.3 Å². The molecule has 0 saturated heterocycles. The second-order valence-electron chi connectivity index (χ2n) is 5.50. The highest BCUT2D eigenvalue weighted by Crippen LogP contribution is 2.28. The van der Waals surface area contributed by atoms with Crippen molar-refractivity contribution >= 4 is 23.4 Å². The summed E-state index contributed by atoms with van der Waals surface area (Å²) in [5, 5.41) is 2.55. The number of aromatic nitrogens is 2. The van der Waals surface area contributed by atoms with Gasteiger partial charge in [0.1, 0.15) is 17.2 Å². The van der Waals surface area contributed by atoms with Gasteiger partial charge in [0.2, 0.25) is 5.91 Å². The van der Waals surface area contributed by atoms with E-state index in [-0.39, 0.29) is 10.9 Å². The number of ether oxygens (including phenoxy) is 1. The summed E-state index contributed by atoms with van der Waals surface area (Å²) in [4.78, 5) is 19.2. The van der Waals surface area contributed by atoms with E-state index in [0.29, 0.717) is 17.2 Å². The summed E-state index contributed by atoms with van der Waals surface area (Å²) in [5.74, 6) is 0.661. The highest BCUT2D eigenvalue weighted by molar-refractivity contribution is 7.99. The molecule has 0 bridgehead atoms. The van der Waals surface area contributed by atoms with Crippen LogP contribution in [0, 0.1) is 0 Å². The van der Waals surface area contributed by atoms with Crippen molar-refractivity contribution in [3.05, 3.63) is 72.6 Å². The number of rotatable bonds is 6. The number of para-hydroxylation sites is 1. The fourth-order valence-electron chi connectivity index (χ4n) is 2.16. The molecule has 1 heterocycles. The fourth-order valence-corrected chi connectivity index (χ4v) is 2.79. The highest BCUT2D eigenvalue weighted by atomic mass is 32.2. The van der Waals surface area contributed by atoms with Crippen LogP contribution in [0.15, 0.2) is 72.0 Å². The van der Waals surface area contributed by atoms with E-state index in [0.717, 1.165) is 24.0 Å². The third kappa shape index (κ3) is 5.71. The van der Waals surface area contributed by atoms with Crippen molar-refractivity contribution in [2.24, 2.45) is 0 Å². The molecule has 2 aromatic carbocycles. The number of hydrogen-bond acceptors (Lipinski definition) is 5. The second kappa shape index (κ2) is 8.75. The maximum absolute atomic E-state index is 12.7. The number of nitrogens with one attached hydrogen (secondary N) is 1. The molecule has 3 aromatic rings. The van der Waals surface area contributed by atoms with Crippen molar-refractivity contribution in [3.63, 3.8) is 0 Å². The Hall–Kier alpha value is -3.07. The molecule has 0 aliphatic heterocycles. The first-order valence-corrected chi connectivity index (χ1v) is 9.04. The normalized spacial score (nSPS) is 11.1. The number of carbonyl (C=O) groups is 1. The van der Waals surface area contributed by atoms with Crippen LogP contribution in [0.1, 0.15) is 5.69 Å². The third-order valence-corrected chi connectivity index (χ3v) is 4.21. The molecule has 0 atom stereocenters. The van der Waals surface area contributed by atoms with Crippen molar-refractivity contribution in [1.82, 2.24) is 9.97 Å². The molecule has 3 rings (SSSR count). The molecule has 28 heavy (non-hydrogen) atoms. The van der Waals surface area contributed by atoms with Crippen molar-refractivity contribution in [2.45, 2.75) is 11.3 Å². The number of alkyl halides is 3. The van der Waals surface area contributed by atoms with Crippen LogP contribution in [-0.2, 0) is 11.0 Å². The maximum Gasteiger partial charge on any atom is 0.433 e. The SMILES string of the molecule is O=C(CSc1nccc(C(F)(F)F)n1)Nc1cccc(Oc2ccccc2)c1. The second-order valence-corrected chi connectivity index (χ2v) is 6.44. The molecule has 1 aromatic heterocycles. The lowest BCUT2D eigenvalue weighted by atomic mass is 10.3. The fraction of sp³-hybridized carbons (Fsp3) is 0.105. The van der Waals surface area contributed by atoms with Crippen molar-refractivity contribution in [1.29, 1.82) is 0 Å². The van der Waals surface area contributed by atoms with E-state index in [9.17, 15) is 18.0 Å². The molecule has 0 fully saturated rings. The molecule has 0 aliphatic rings. The number of anilines is 1. The number of carbonyl (C=O) groups excluding carboxylic acids is 1. The van der Waals surface area contributed by atoms with Gasteiger partial charge in [-0.2, -0.15) is 13.2 Å². The van der Waals surface area contributed by atoms with Gasteiger partial charge >= 0.3 is 6.18 Å². The standard InChI is InChI=1S/C19H14F3N3O2S/c20-19(21,22)16-9-10-23-18(25-16)28-12-17(26)24-13-5-4-8-15(11-13)27-14-6-2-1-3-7-14/h1-11H,12H2,(H,24,26). The molecule has 9 heteroatoms. The van der Waals surface area contributed by atoms with E-state index in [1.807, 2.05) is 18.2 Å². The summed E-state index contributed by atoms with van der Waals surface area (Å²) >= 11 is 0.819. The van der Waals surface area contributed by atoms with E-state index in [4.69, 9.17) is 4.74 Å². The van der Waals surface area contributed by atoms with Crippen LogP contribution < -0.4 is 10.1 Å². The summed E-state index contributed by atoms with van der Waals surface area (Å²) in [7, 11) is 0. The van der Waals surface area contributed by atoms with Crippen LogP contribution in [0.2, 0.25) is 0 Å². The summed E-state index contributed by atoms with van der Waals surface area (Å²) in [6.07, 6.45) is -3.54. The molecule has 0 aliphatic carbocycles. The molecule has 1 amide bonds. The van der Waals surface area contributed by atoms with Gasteiger partial charge in [-0.15, -0.1) is 0 Å². The van der Waals surface area contributed by atoms with Gasteiger partial charge in [-0.25, -0.2) is 9.97 Å². The van der Waals surface area contributed by atoms with Crippen LogP contribution in [-0.4, -0.2) is 21.6 Å². The third-order valence-electron chi connectivity index (χ3n) is 3.35. The summed E-state index contributed by atoms with van der Waals surface area (Å²) in [6.45, 7) is 0. The van der Waals surface area contributed by atoms with Gasteiger partial charge in [0.15, 0.2) is 5.16 Å². The Kier molecular flexibility index (Phi) is 6.15. The zero-order valence-corrected chi connectivity index (χ0v) is 15.1. The largest absolute Gasteiger partial charge is 0.457 e. The number of amides is 1. The average Bonchev–Trinajstić information content (AvgIpc) is 2.67. The predicted octanol–water partition coefficient (Wildman–Crippen LogP) is 5.02. The predicted molar refractivity (Wildman–Crippen MR) is 99.3 cm³/mol. The van der Waals surface area contributed by atoms with Gasteiger partial charge in [0.25, 0.3) is 0 Å². The number of hydrogen-bond donors (Lipinski definition) is 1. The Morgan fingerprint density at radius 3 is 2.54 bits per heavy atom. The van der Waals surface area contributed by atoms with E-state index in [2.05, 4.69) is 15.3 Å². The molecule has 0 unspecified atom stereocenters. The first kappa shape index (κ1) is 19.7. The van der Waals surface area contributed by atoms with Crippen LogP contribution in [0.25, 0.3) is 0 Å².